The number of carbonyl (C=O) groups excluding carboxylic acids is 1. The molecule has 0 unspecified atom stereocenters. The van der Waals surface area contributed by atoms with E-state index in [1.165, 1.54) is 6.26 Å². The molecule has 8 heteroatoms. The number of aryl methyl sites for hydroxylation is 1. The molecule has 1 atom stereocenters. The Morgan fingerprint density at radius 3 is 2.63 bits per heavy atom. The molecule has 0 aromatic carbocycles. The largest absolute Gasteiger partial charge is 0.459 e. The van der Waals surface area contributed by atoms with Crippen molar-refractivity contribution in [3.8, 4) is 0 Å². The first-order valence-corrected chi connectivity index (χ1v) is 9.93. The molecule has 0 radical (unpaired) electrons. The summed E-state index contributed by atoms with van der Waals surface area (Å²) in [4.78, 5) is 16.7. The Morgan fingerprint density at radius 2 is 2.00 bits per heavy atom. The maximum absolute atomic E-state index is 12.5. The molecule has 0 bridgehead atoms. The van der Waals surface area contributed by atoms with Crippen molar-refractivity contribution in [2.24, 2.45) is 5.92 Å². The van der Waals surface area contributed by atoms with Crippen molar-refractivity contribution in [3.63, 3.8) is 0 Å². The number of amides is 1. The van der Waals surface area contributed by atoms with Crippen molar-refractivity contribution in [2.75, 3.05) is 26.2 Å². The predicted molar refractivity (Wildman–Crippen MR) is 101 cm³/mol. The van der Waals surface area contributed by atoms with Crippen LogP contribution < -0.4 is 0 Å². The topological polar surface area (TPSA) is 80.3 Å². The summed E-state index contributed by atoms with van der Waals surface area (Å²) in [6.45, 7) is 10.5. The fourth-order valence-corrected chi connectivity index (χ4v) is 3.53. The van der Waals surface area contributed by atoms with Gasteiger partial charge in [-0.1, -0.05) is 27.2 Å². The standard InChI is InChI=1S/C19H30N6O2/c1-4-6-16(18-20-21-22-25(18)9-8-15(2)3)23-10-12-24(13-11-23)19(26)17-7-5-14-27-17/h5,7,14-16H,4,6,8-13H2,1-3H3/t16-/m0/s1. The molecule has 1 amide bonds. The van der Waals surface area contributed by atoms with E-state index >= 15 is 0 Å². The summed E-state index contributed by atoms with van der Waals surface area (Å²) in [5.41, 5.74) is 0. The summed E-state index contributed by atoms with van der Waals surface area (Å²) in [6, 6.07) is 3.66. The van der Waals surface area contributed by atoms with E-state index in [1.807, 2.05) is 9.58 Å². The van der Waals surface area contributed by atoms with Gasteiger partial charge in [-0.25, -0.2) is 4.68 Å². The van der Waals surface area contributed by atoms with Crippen LogP contribution >= 0.6 is 0 Å². The van der Waals surface area contributed by atoms with Crippen LogP contribution in [0.3, 0.4) is 0 Å². The second-order valence-electron chi connectivity index (χ2n) is 7.55. The van der Waals surface area contributed by atoms with Gasteiger partial charge in [-0.15, -0.1) is 5.10 Å². The minimum Gasteiger partial charge on any atom is -0.459 e. The van der Waals surface area contributed by atoms with Crippen molar-refractivity contribution < 1.29 is 9.21 Å². The molecular formula is C19H30N6O2. The number of furan rings is 1. The Kier molecular flexibility index (Phi) is 6.60. The fourth-order valence-electron chi connectivity index (χ4n) is 3.53. The average Bonchev–Trinajstić information content (AvgIpc) is 3.36. The van der Waals surface area contributed by atoms with Crippen molar-refractivity contribution in [3.05, 3.63) is 30.0 Å². The summed E-state index contributed by atoms with van der Waals surface area (Å²) in [6.07, 6.45) is 4.67. The van der Waals surface area contributed by atoms with Crippen LogP contribution in [0.4, 0.5) is 0 Å². The van der Waals surface area contributed by atoms with Gasteiger partial charge in [0.2, 0.25) is 0 Å². The highest BCUT2D eigenvalue weighted by Crippen LogP contribution is 2.25. The highest BCUT2D eigenvalue weighted by atomic mass is 16.3. The van der Waals surface area contributed by atoms with E-state index < -0.39 is 0 Å². The van der Waals surface area contributed by atoms with Gasteiger partial charge in [-0.05, 0) is 41.3 Å². The SMILES string of the molecule is CCC[C@@H](c1nnnn1CCC(C)C)N1CCN(C(=O)c2ccco2)CC1. The number of hydrogen-bond donors (Lipinski definition) is 0. The fraction of sp³-hybridized carbons (Fsp3) is 0.684. The number of piperazine rings is 1. The molecule has 0 spiro atoms. The molecule has 2 aromatic heterocycles. The van der Waals surface area contributed by atoms with Crippen molar-refractivity contribution in [2.45, 2.75) is 52.6 Å². The van der Waals surface area contributed by atoms with Gasteiger partial charge in [0, 0.05) is 32.7 Å². The normalized spacial score (nSPS) is 16.8. The van der Waals surface area contributed by atoms with Gasteiger partial charge in [-0.3, -0.25) is 9.69 Å². The zero-order valence-electron chi connectivity index (χ0n) is 16.5. The Balaban J connectivity index is 1.65. The molecule has 27 heavy (non-hydrogen) atoms. The zero-order valence-corrected chi connectivity index (χ0v) is 16.5. The molecule has 3 rings (SSSR count). The van der Waals surface area contributed by atoms with Crippen molar-refractivity contribution in [1.29, 1.82) is 0 Å². The zero-order chi connectivity index (χ0) is 19.2. The van der Waals surface area contributed by atoms with Crippen molar-refractivity contribution >= 4 is 5.91 Å². The third-order valence-corrected chi connectivity index (χ3v) is 5.11. The van der Waals surface area contributed by atoms with Crippen LogP contribution in [-0.4, -0.2) is 62.1 Å². The second-order valence-corrected chi connectivity index (χ2v) is 7.55. The molecule has 1 saturated heterocycles. The van der Waals surface area contributed by atoms with Crippen LogP contribution in [0.15, 0.2) is 22.8 Å². The van der Waals surface area contributed by atoms with E-state index in [4.69, 9.17) is 4.42 Å². The van der Waals surface area contributed by atoms with Gasteiger partial charge < -0.3 is 9.32 Å². The summed E-state index contributed by atoms with van der Waals surface area (Å²) in [7, 11) is 0. The predicted octanol–water partition coefficient (Wildman–Crippen LogP) is 2.61. The molecule has 2 aromatic rings. The first kappa shape index (κ1) is 19.5. The summed E-state index contributed by atoms with van der Waals surface area (Å²) >= 11 is 0. The summed E-state index contributed by atoms with van der Waals surface area (Å²) in [5.74, 6) is 1.94. The van der Waals surface area contributed by atoms with Crippen LogP contribution in [0.25, 0.3) is 0 Å². The number of tetrazole rings is 1. The molecular weight excluding hydrogens is 344 g/mol. The van der Waals surface area contributed by atoms with Crippen molar-refractivity contribution in [1.82, 2.24) is 30.0 Å². The Bertz CT molecular complexity index is 704. The highest BCUT2D eigenvalue weighted by molar-refractivity contribution is 5.91. The van der Waals surface area contributed by atoms with Gasteiger partial charge in [0.1, 0.15) is 0 Å². The number of carbonyl (C=O) groups is 1. The molecule has 1 aliphatic heterocycles. The monoisotopic (exact) mass is 374 g/mol. The molecule has 0 N–H and O–H groups in total. The third-order valence-electron chi connectivity index (χ3n) is 5.11. The lowest BCUT2D eigenvalue weighted by molar-refractivity contribution is 0.0514. The lowest BCUT2D eigenvalue weighted by Gasteiger charge is -2.38. The second kappa shape index (κ2) is 9.12. The molecule has 0 saturated carbocycles. The lowest BCUT2D eigenvalue weighted by atomic mass is 10.1. The van der Waals surface area contributed by atoms with Gasteiger partial charge >= 0.3 is 0 Å². The van der Waals surface area contributed by atoms with Gasteiger partial charge in [0.05, 0.1) is 12.3 Å². The number of rotatable bonds is 8. The van der Waals surface area contributed by atoms with E-state index in [0.29, 0.717) is 24.8 Å². The van der Waals surface area contributed by atoms with Crippen LogP contribution in [0.1, 0.15) is 62.5 Å². The maximum Gasteiger partial charge on any atom is 0.289 e. The third kappa shape index (κ3) is 4.74. The van der Waals surface area contributed by atoms with Crippen LogP contribution in [0, 0.1) is 5.92 Å². The number of aromatic nitrogens is 4. The molecule has 3 heterocycles. The number of hydrogen-bond acceptors (Lipinski definition) is 6. The minimum atomic E-state index is -0.0338. The van der Waals surface area contributed by atoms with E-state index in [-0.39, 0.29) is 11.9 Å². The van der Waals surface area contributed by atoms with Crippen LogP contribution in [0.2, 0.25) is 0 Å². The first-order valence-electron chi connectivity index (χ1n) is 9.93. The van der Waals surface area contributed by atoms with Gasteiger partial charge in [-0.2, -0.15) is 0 Å². The average molecular weight is 374 g/mol. The Labute approximate surface area is 160 Å². The lowest BCUT2D eigenvalue weighted by Crippen LogP contribution is -2.50. The quantitative estimate of drug-likeness (QED) is 0.707. The van der Waals surface area contributed by atoms with Crippen LogP contribution in [-0.2, 0) is 6.54 Å². The van der Waals surface area contributed by atoms with Gasteiger partial charge in [0.15, 0.2) is 11.6 Å². The number of nitrogens with zero attached hydrogens (tertiary/aromatic N) is 6. The van der Waals surface area contributed by atoms with Gasteiger partial charge in [0.25, 0.3) is 5.91 Å². The van der Waals surface area contributed by atoms with Crippen LogP contribution in [0.5, 0.6) is 0 Å². The summed E-state index contributed by atoms with van der Waals surface area (Å²) in [5, 5.41) is 12.5. The Hall–Kier alpha value is -2.22. The molecule has 1 aliphatic rings. The molecule has 148 valence electrons. The smallest absolute Gasteiger partial charge is 0.289 e. The molecule has 0 aliphatic carbocycles. The van der Waals surface area contributed by atoms with E-state index in [1.54, 1.807) is 12.1 Å². The summed E-state index contributed by atoms with van der Waals surface area (Å²) < 4.78 is 7.21. The molecule has 1 fully saturated rings. The first-order chi connectivity index (χ1) is 13.1. The Morgan fingerprint density at radius 1 is 1.22 bits per heavy atom. The van der Waals surface area contributed by atoms with E-state index in [9.17, 15) is 4.79 Å². The van der Waals surface area contributed by atoms with E-state index in [2.05, 4.69) is 41.2 Å². The van der Waals surface area contributed by atoms with E-state index in [0.717, 1.165) is 44.7 Å². The minimum absolute atomic E-state index is 0.0338. The maximum atomic E-state index is 12.5. The highest BCUT2D eigenvalue weighted by Gasteiger charge is 2.30. The molecule has 8 nitrogen and oxygen atoms in total.